The minimum absolute atomic E-state index is 0.317. The summed E-state index contributed by atoms with van der Waals surface area (Å²) in [4.78, 5) is 26.9. The van der Waals surface area contributed by atoms with Gasteiger partial charge in [-0.05, 0) is 50.9 Å². The number of benzene rings is 1. The summed E-state index contributed by atoms with van der Waals surface area (Å²) in [5.41, 5.74) is 2.14. The van der Waals surface area contributed by atoms with Crippen molar-refractivity contribution in [3.8, 4) is 0 Å². The average molecular weight is 331 g/mol. The predicted molar refractivity (Wildman–Crippen MR) is 93.6 cm³/mol. The maximum Gasteiger partial charge on any atom is 0.428 e. The molecule has 1 saturated heterocycles. The Morgan fingerprint density at radius 1 is 1.33 bits per heavy atom. The van der Waals surface area contributed by atoms with Gasteiger partial charge in [-0.2, -0.15) is 4.57 Å². The lowest BCUT2D eigenvalue weighted by molar-refractivity contribution is 0.240. The molecule has 130 valence electrons. The number of fused-ring (bicyclic) bond motifs is 1. The van der Waals surface area contributed by atoms with Crippen molar-refractivity contribution < 1.29 is 9.21 Å². The number of hydrogen-bond donors (Lipinski definition) is 1. The van der Waals surface area contributed by atoms with E-state index in [4.69, 9.17) is 4.42 Å². The SMILES string of the molecule is CC(C)CNC(=O)n1c(=O)oc2c(C3CCN(C)CC3)cccc21. The second-order valence-electron chi connectivity index (χ2n) is 7.06. The molecule has 1 amide bonds. The van der Waals surface area contributed by atoms with Gasteiger partial charge in [0.2, 0.25) is 0 Å². The number of aromatic nitrogens is 1. The van der Waals surface area contributed by atoms with Crippen molar-refractivity contribution in [1.29, 1.82) is 0 Å². The highest BCUT2D eigenvalue weighted by atomic mass is 16.4. The van der Waals surface area contributed by atoms with Gasteiger partial charge < -0.3 is 14.6 Å². The van der Waals surface area contributed by atoms with Gasteiger partial charge in [0.15, 0.2) is 5.58 Å². The van der Waals surface area contributed by atoms with Crippen LogP contribution in [0.5, 0.6) is 0 Å². The van der Waals surface area contributed by atoms with Crippen molar-refractivity contribution >= 4 is 17.1 Å². The summed E-state index contributed by atoms with van der Waals surface area (Å²) in [6.45, 7) is 6.60. The lowest BCUT2D eigenvalue weighted by Crippen LogP contribution is -2.36. The van der Waals surface area contributed by atoms with Gasteiger partial charge in [0.05, 0.1) is 0 Å². The van der Waals surface area contributed by atoms with Crippen LogP contribution >= 0.6 is 0 Å². The van der Waals surface area contributed by atoms with Gasteiger partial charge in [-0.15, -0.1) is 0 Å². The Kier molecular flexibility index (Phi) is 4.76. The van der Waals surface area contributed by atoms with Crippen LogP contribution in [-0.2, 0) is 0 Å². The highest BCUT2D eigenvalue weighted by Gasteiger charge is 2.24. The number of para-hydroxylation sites is 1. The molecule has 0 unspecified atom stereocenters. The van der Waals surface area contributed by atoms with Gasteiger partial charge in [-0.3, -0.25) is 0 Å². The fourth-order valence-corrected chi connectivity index (χ4v) is 3.26. The molecule has 0 atom stereocenters. The molecule has 1 N–H and O–H groups in total. The first-order chi connectivity index (χ1) is 11.5. The summed E-state index contributed by atoms with van der Waals surface area (Å²) in [6.07, 6.45) is 2.06. The molecule has 0 aliphatic carbocycles. The van der Waals surface area contributed by atoms with Crippen molar-refractivity contribution in [1.82, 2.24) is 14.8 Å². The van der Waals surface area contributed by atoms with Gasteiger partial charge in [0, 0.05) is 12.1 Å². The fourth-order valence-electron chi connectivity index (χ4n) is 3.26. The van der Waals surface area contributed by atoms with E-state index in [9.17, 15) is 9.59 Å². The van der Waals surface area contributed by atoms with E-state index in [2.05, 4.69) is 17.3 Å². The third-order valence-corrected chi connectivity index (χ3v) is 4.66. The summed E-state index contributed by atoms with van der Waals surface area (Å²) in [7, 11) is 2.12. The lowest BCUT2D eigenvalue weighted by Gasteiger charge is -2.29. The molecule has 2 aromatic rings. The van der Waals surface area contributed by atoms with Crippen molar-refractivity contribution in [2.24, 2.45) is 5.92 Å². The number of carbonyl (C=O) groups is 1. The Morgan fingerprint density at radius 2 is 2.04 bits per heavy atom. The average Bonchev–Trinajstić information content (AvgIpc) is 2.89. The van der Waals surface area contributed by atoms with Crippen LogP contribution in [-0.4, -0.2) is 42.2 Å². The van der Waals surface area contributed by atoms with E-state index in [-0.39, 0.29) is 0 Å². The van der Waals surface area contributed by atoms with Crippen LogP contribution in [0.4, 0.5) is 4.79 Å². The lowest BCUT2D eigenvalue weighted by atomic mass is 9.89. The number of nitrogens with zero attached hydrogens (tertiary/aromatic N) is 2. The van der Waals surface area contributed by atoms with Crippen LogP contribution in [0.2, 0.25) is 0 Å². The topological polar surface area (TPSA) is 67.5 Å². The first kappa shape index (κ1) is 16.8. The Bertz CT molecular complexity index is 782. The van der Waals surface area contributed by atoms with Crippen molar-refractivity contribution in [3.05, 3.63) is 34.3 Å². The molecule has 1 aromatic heterocycles. The van der Waals surface area contributed by atoms with Gasteiger partial charge in [-0.25, -0.2) is 9.59 Å². The number of piperidine rings is 1. The summed E-state index contributed by atoms with van der Waals surface area (Å²) in [6, 6.07) is 5.26. The van der Waals surface area contributed by atoms with E-state index in [0.717, 1.165) is 36.1 Å². The molecule has 3 rings (SSSR count). The minimum atomic E-state index is -0.619. The van der Waals surface area contributed by atoms with Crippen LogP contribution < -0.4 is 11.1 Å². The zero-order valence-electron chi connectivity index (χ0n) is 14.5. The fraction of sp³-hybridized carbons (Fsp3) is 0.556. The monoisotopic (exact) mass is 331 g/mol. The smallest absolute Gasteiger partial charge is 0.407 e. The van der Waals surface area contributed by atoms with E-state index in [1.54, 1.807) is 6.07 Å². The van der Waals surface area contributed by atoms with Gasteiger partial charge in [0.25, 0.3) is 0 Å². The normalized spacial score (nSPS) is 16.8. The molecule has 2 heterocycles. The Labute approximate surface area is 141 Å². The largest absolute Gasteiger partial charge is 0.428 e. The molecule has 6 heteroatoms. The Balaban J connectivity index is 1.96. The van der Waals surface area contributed by atoms with Crippen LogP contribution in [0.3, 0.4) is 0 Å². The molecule has 1 aliphatic heterocycles. The highest BCUT2D eigenvalue weighted by molar-refractivity contribution is 5.89. The zero-order chi connectivity index (χ0) is 17.3. The van der Waals surface area contributed by atoms with E-state index in [0.29, 0.717) is 29.5 Å². The minimum Gasteiger partial charge on any atom is -0.407 e. The van der Waals surface area contributed by atoms with Gasteiger partial charge >= 0.3 is 11.8 Å². The maximum atomic E-state index is 12.4. The maximum absolute atomic E-state index is 12.4. The molecule has 6 nitrogen and oxygen atoms in total. The second-order valence-corrected chi connectivity index (χ2v) is 7.06. The van der Waals surface area contributed by atoms with Crippen LogP contribution in [0.25, 0.3) is 11.1 Å². The Morgan fingerprint density at radius 3 is 2.71 bits per heavy atom. The second kappa shape index (κ2) is 6.81. The summed E-state index contributed by atoms with van der Waals surface area (Å²) in [5, 5.41) is 2.78. The van der Waals surface area contributed by atoms with E-state index >= 15 is 0 Å². The number of rotatable bonds is 3. The number of oxazole rings is 1. The first-order valence-electron chi connectivity index (χ1n) is 8.58. The van der Waals surface area contributed by atoms with E-state index in [1.807, 2.05) is 26.0 Å². The van der Waals surface area contributed by atoms with Crippen molar-refractivity contribution in [2.45, 2.75) is 32.6 Å². The number of nitrogens with one attached hydrogen (secondary N) is 1. The first-order valence-corrected chi connectivity index (χ1v) is 8.58. The van der Waals surface area contributed by atoms with Crippen LogP contribution in [0.15, 0.2) is 27.4 Å². The molecule has 0 radical (unpaired) electrons. The third kappa shape index (κ3) is 3.24. The molecule has 0 saturated carbocycles. The molecular weight excluding hydrogens is 306 g/mol. The predicted octanol–water partition coefficient (Wildman–Crippen LogP) is 2.62. The van der Waals surface area contributed by atoms with Gasteiger partial charge in [-0.1, -0.05) is 26.0 Å². The summed E-state index contributed by atoms with van der Waals surface area (Å²) in [5.74, 6) is 0.0619. The number of hydrogen-bond acceptors (Lipinski definition) is 4. The van der Waals surface area contributed by atoms with Gasteiger partial charge in [0.1, 0.15) is 5.52 Å². The summed E-state index contributed by atoms with van der Waals surface area (Å²) < 4.78 is 6.58. The molecule has 0 bridgehead atoms. The Hall–Kier alpha value is -2.08. The third-order valence-electron chi connectivity index (χ3n) is 4.66. The molecule has 0 spiro atoms. The molecular formula is C18H25N3O3. The molecule has 1 aliphatic rings. The standard InChI is InChI=1S/C18H25N3O3/c1-12(2)11-19-17(22)21-15-6-4-5-14(16(15)24-18(21)23)13-7-9-20(3)10-8-13/h4-6,12-13H,7-11H2,1-3H3,(H,19,22). The van der Waals surface area contributed by atoms with E-state index < -0.39 is 11.8 Å². The molecule has 24 heavy (non-hydrogen) atoms. The number of carbonyl (C=O) groups excluding carboxylic acids is 1. The van der Waals surface area contributed by atoms with Crippen molar-refractivity contribution in [3.63, 3.8) is 0 Å². The number of amides is 1. The summed E-state index contributed by atoms with van der Waals surface area (Å²) >= 11 is 0. The zero-order valence-corrected chi connectivity index (χ0v) is 14.5. The highest BCUT2D eigenvalue weighted by Crippen LogP contribution is 2.32. The number of likely N-dealkylation sites (tertiary alicyclic amines) is 1. The van der Waals surface area contributed by atoms with Crippen LogP contribution in [0.1, 0.15) is 38.2 Å². The molecule has 1 aromatic carbocycles. The van der Waals surface area contributed by atoms with E-state index in [1.165, 1.54) is 0 Å². The molecule has 1 fully saturated rings. The van der Waals surface area contributed by atoms with Crippen LogP contribution in [0, 0.1) is 5.92 Å². The quantitative estimate of drug-likeness (QED) is 0.939. The van der Waals surface area contributed by atoms with Crippen molar-refractivity contribution in [2.75, 3.05) is 26.7 Å².